The van der Waals surface area contributed by atoms with Gasteiger partial charge in [-0.15, -0.1) is 0 Å². The summed E-state index contributed by atoms with van der Waals surface area (Å²) in [5.41, 5.74) is 5.64. The van der Waals surface area contributed by atoms with Crippen LogP contribution in [0.1, 0.15) is 5.56 Å². The van der Waals surface area contributed by atoms with Crippen molar-refractivity contribution < 1.29 is 9.90 Å². The number of nitrogens with one attached hydrogen (secondary N) is 1. The van der Waals surface area contributed by atoms with Crippen molar-refractivity contribution in [1.82, 2.24) is 5.32 Å². The molecule has 0 aromatic heterocycles. The molecule has 0 aliphatic heterocycles. The number of rotatable bonds is 6. The fourth-order valence-electron chi connectivity index (χ4n) is 1.46. The molecule has 1 aromatic rings. The molecule has 106 valence electrons. The number of carboxylic acid groups (broad SMARTS) is 1. The summed E-state index contributed by atoms with van der Waals surface area (Å²) in [4.78, 5) is 15.0. The van der Waals surface area contributed by atoms with Crippen LogP contribution < -0.4 is 11.1 Å². The number of benzene rings is 1. The van der Waals surface area contributed by atoms with E-state index >= 15 is 0 Å². The van der Waals surface area contributed by atoms with E-state index in [0.29, 0.717) is 0 Å². The van der Waals surface area contributed by atoms with E-state index in [9.17, 15) is 4.79 Å². The van der Waals surface area contributed by atoms with Crippen LogP contribution in [-0.2, 0) is 11.2 Å². The summed E-state index contributed by atoms with van der Waals surface area (Å²) >= 11 is 0. The van der Waals surface area contributed by atoms with Gasteiger partial charge in [-0.3, -0.25) is 4.99 Å². The summed E-state index contributed by atoms with van der Waals surface area (Å²) < 4.78 is 0. The molecule has 0 amide bonds. The van der Waals surface area contributed by atoms with Gasteiger partial charge in [-0.1, -0.05) is 30.3 Å². The van der Waals surface area contributed by atoms with Crippen molar-refractivity contribution in [1.29, 1.82) is 10.5 Å². The number of carbonyl (C=O) groups is 1. The van der Waals surface area contributed by atoms with Crippen LogP contribution in [-0.4, -0.2) is 23.5 Å². The van der Waals surface area contributed by atoms with Gasteiger partial charge in [-0.05, 0) is 5.56 Å². The smallest absolute Gasteiger partial charge is 0.328 e. The molecular formula is C14H13N5O2. The lowest BCUT2D eigenvalue weighted by Crippen LogP contribution is -2.23. The number of hydrogen-bond acceptors (Lipinski definition) is 5. The molecule has 0 heterocycles. The van der Waals surface area contributed by atoms with E-state index in [1.165, 1.54) is 0 Å². The number of aliphatic carboxylic acids is 1. The van der Waals surface area contributed by atoms with E-state index in [-0.39, 0.29) is 17.8 Å². The Labute approximate surface area is 121 Å². The number of aliphatic imine (C=N–C) groups is 1. The zero-order chi connectivity index (χ0) is 15.7. The van der Waals surface area contributed by atoms with Gasteiger partial charge < -0.3 is 16.2 Å². The van der Waals surface area contributed by atoms with Gasteiger partial charge in [0.1, 0.15) is 17.8 Å². The summed E-state index contributed by atoms with van der Waals surface area (Å²) in [7, 11) is 0. The van der Waals surface area contributed by atoms with Crippen molar-refractivity contribution in [2.24, 2.45) is 10.7 Å². The number of hydrogen-bond donors (Lipinski definition) is 3. The van der Waals surface area contributed by atoms with Crippen molar-refractivity contribution in [2.45, 2.75) is 12.5 Å². The van der Waals surface area contributed by atoms with E-state index in [1.54, 1.807) is 36.4 Å². The summed E-state index contributed by atoms with van der Waals surface area (Å²) in [6, 6.07) is 11.3. The van der Waals surface area contributed by atoms with Crippen LogP contribution in [0.15, 0.2) is 46.7 Å². The first-order chi connectivity index (χ1) is 10.1. The molecule has 1 rings (SSSR count). The van der Waals surface area contributed by atoms with E-state index < -0.39 is 12.0 Å². The normalized spacial score (nSPS) is 12.9. The van der Waals surface area contributed by atoms with Crippen LogP contribution in [0.2, 0.25) is 0 Å². The molecule has 1 unspecified atom stereocenters. The van der Waals surface area contributed by atoms with E-state index in [4.69, 9.17) is 21.4 Å². The van der Waals surface area contributed by atoms with Gasteiger partial charge in [0.25, 0.3) is 0 Å². The van der Waals surface area contributed by atoms with Crippen LogP contribution in [0.25, 0.3) is 0 Å². The highest BCUT2D eigenvalue weighted by Crippen LogP contribution is 2.05. The molecule has 0 aliphatic rings. The Morgan fingerprint density at radius 2 is 2.05 bits per heavy atom. The fraction of sp³-hybridized carbons (Fsp3) is 0.143. The van der Waals surface area contributed by atoms with Gasteiger partial charge in [-0.2, -0.15) is 10.5 Å². The second kappa shape index (κ2) is 7.97. The molecule has 7 nitrogen and oxygen atoms in total. The number of carboxylic acids is 1. The van der Waals surface area contributed by atoms with Crippen molar-refractivity contribution >= 4 is 12.3 Å². The summed E-state index contributed by atoms with van der Waals surface area (Å²) in [6.45, 7) is 0. The number of nitriles is 2. The minimum Gasteiger partial charge on any atom is -0.480 e. The average molecular weight is 283 g/mol. The minimum absolute atomic E-state index is 0.176. The Hall–Kier alpha value is -3.32. The number of allylic oxidation sites excluding steroid dienone is 2. The monoisotopic (exact) mass is 283 g/mol. The first kappa shape index (κ1) is 15.7. The molecule has 0 saturated carbocycles. The Balaban J connectivity index is 2.77. The number of nitrogens with two attached hydrogens (primary N) is 1. The Bertz CT molecular complexity index is 638. The van der Waals surface area contributed by atoms with Crippen molar-refractivity contribution in [3.63, 3.8) is 0 Å². The highest BCUT2D eigenvalue weighted by molar-refractivity contribution is 5.76. The number of nitrogens with zero attached hydrogens (tertiary/aromatic N) is 3. The van der Waals surface area contributed by atoms with Gasteiger partial charge in [0.2, 0.25) is 0 Å². The van der Waals surface area contributed by atoms with Crippen molar-refractivity contribution in [3.8, 4) is 12.1 Å². The highest BCUT2D eigenvalue weighted by atomic mass is 16.4. The summed E-state index contributed by atoms with van der Waals surface area (Å²) in [5.74, 6) is -1.09. The summed E-state index contributed by atoms with van der Waals surface area (Å²) in [5, 5.41) is 28.8. The lowest BCUT2D eigenvalue weighted by atomic mass is 10.1. The van der Waals surface area contributed by atoms with Crippen LogP contribution >= 0.6 is 0 Å². The van der Waals surface area contributed by atoms with Gasteiger partial charge in [0.15, 0.2) is 11.7 Å². The van der Waals surface area contributed by atoms with E-state index in [2.05, 4.69) is 10.3 Å². The molecule has 0 radical (unpaired) electrons. The second-order valence-corrected chi connectivity index (χ2v) is 3.98. The topological polar surface area (TPSA) is 135 Å². The first-order valence-corrected chi connectivity index (χ1v) is 5.93. The van der Waals surface area contributed by atoms with Crippen LogP contribution in [0, 0.1) is 22.7 Å². The SMILES string of the molecule is N#C/C(N)=C(\C#N)NC=NC(Cc1ccccc1)C(=O)O. The predicted octanol–water partition coefficient (Wildman–Crippen LogP) is 0.518. The standard InChI is InChI=1S/C14H13N5O2/c15-7-11(17)13(8-16)19-9-18-12(14(20)21)6-10-4-2-1-3-5-10/h1-5,9,12H,6,17H2,(H,18,19)(H,20,21)/b13-11-. The minimum atomic E-state index is -1.09. The lowest BCUT2D eigenvalue weighted by Gasteiger charge is -2.07. The Morgan fingerprint density at radius 3 is 2.57 bits per heavy atom. The van der Waals surface area contributed by atoms with E-state index in [0.717, 1.165) is 11.9 Å². The maximum absolute atomic E-state index is 11.1. The highest BCUT2D eigenvalue weighted by Gasteiger charge is 2.15. The van der Waals surface area contributed by atoms with Crippen LogP contribution in [0.3, 0.4) is 0 Å². The second-order valence-electron chi connectivity index (χ2n) is 3.98. The van der Waals surface area contributed by atoms with Crippen LogP contribution in [0.5, 0.6) is 0 Å². The Kier molecular flexibility index (Phi) is 5.97. The van der Waals surface area contributed by atoms with Gasteiger partial charge in [0.05, 0.1) is 6.34 Å². The fourth-order valence-corrected chi connectivity index (χ4v) is 1.46. The molecule has 0 aliphatic carbocycles. The first-order valence-electron chi connectivity index (χ1n) is 5.93. The lowest BCUT2D eigenvalue weighted by molar-refractivity contribution is -0.138. The maximum atomic E-state index is 11.1. The molecule has 7 heteroatoms. The maximum Gasteiger partial charge on any atom is 0.328 e. The molecule has 21 heavy (non-hydrogen) atoms. The Morgan fingerprint density at radius 1 is 1.38 bits per heavy atom. The molecule has 0 fully saturated rings. The van der Waals surface area contributed by atoms with Gasteiger partial charge in [0, 0.05) is 6.42 Å². The molecule has 0 bridgehead atoms. The molecule has 1 aromatic carbocycles. The van der Waals surface area contributed by atoms with Crippen LogP contribution in [0.4, 0.5) is 0 Å². The van der Waals surface area contributed by atoms with Crippen molar-refractivity contribution in [2.75, 3.05) is 0 Å². The zero-order valence-electron chi connectivity index (χ0n) is 11.0. The third kappa shape index (κ3) is 5.05. The molecular weight excluding hydrogens is 270 g/mol. The molecule has 1 atom stereocenters. The van der Waals surface area contributed by atoms with Crippen molar-refractivity contribution in [3.05, 3.63) is 47.3 Å². The van der Waals surface area contributed by atoms with Gasteiger partial charge in [-0.25, -0.2) is 4.79 Å². The third-order valence-corrected chi connectivity index (χ3v) is 2.52. The molecule has 0 spiro atoms. The largest absolute Gasteiger partial charge is 0.480 e. The molecule has 0 saturated heterocycles. The summed E-state index contributed by atoms with van der Waals surface area (Å²) in [6.07, 6.45) is 1.28. The van der Waals surface area contributed by atoms with E-state index in [1.807, 2.05) is 6.07 Å². The quantitative estimate of drug-likeness (QED) is 0.395. The third-order valence-electron chi connectivity index (χ3n) is 2.52. The predicted molar refractivity (Wildman–Crippen MR) is 75.6 cm³/mol. The average Bonchev–Trinajstić information content (AvgIpc) is 2.50. The molecule has 4 N–H and O–H groups in total. The van der Waals surface area contributed by atoms with Gasteiger partial charge >= 0.3 is 5.97 Å². The zero-order valence-corrected chi connectivity index (χ0v) is 11.0.